The zero-order valence-electron chi connectivity index (χ0n) is 13.3. The Morgan fingerprint density at radius 2 is 1.91 bits per heavy atom. The minimum Gasteiger partial charge on any atom is -0.490 e. The van der Waals surface area contributed by atoms with Crippen molar-refractivity contribution in [3.63, 3.8) is 0 Å². The summed E-state index contributed by atoms with van der Waals surface area (Å²) >= 11 is 2.95. The van der Waals surface area contributed by atoms with Crippen LogP contribution < -0.4 is 14.8 Å². The maximum absolute atomic E-state index is 12.3. The third-order valence-corrected chi connectivity index (χ3v) is 4.55. The van der Waals surface area contributed by atoms with Crippen molar-refractivity contribution in [3.05, 3.63) is 23.8 Å². The van der Waals surface area contributed by atoms with Crippen molar-refractivity contribution in [2.45, 2.75) is 25.1 Å². The Kier molecular flexibility index (Phi) is 6.66. The molecule has 1 aromatic carbocycles. The second-order valence-electron chi connectivity index (χ2n) is 4.29. The molecule has 0 aliphatic rings. The molecule has 0 aliphatic heterocycles. The molecular weight excluding hydrogens is 334 g/mol. The first-order valence-corrected chi connectivity index (χ1v) is 9.15. The number of benzene rings is 1. The summed E-state index contributed by atoms with van der Waals surface area (Å²) < 4.78 is 11.9. The molecule has 2 rings (SSSR count). The number of ether oxygens (including phenoxy) is 2. The number of nitrogens with one attached hydrogen (secondary N) is 1. The van der Waals surface area contributed by atoms with Gasteiger partial charge in [-0.3, -0.25) is 10.1 Å². The van der Waals surface area contributed by atoms with E-state index in [-0.39, 0.29) is 5.91 Å². The Bertz CT molecular complexity index is 661. The molecule has 1 heterocycles. The minimum absolute atomic E-state index is 0.252. The Balaban J connectivity index is 2.12. The molecule has 124 valence electrons. The number of anilines is 1. The fraction of sp³-hybridized carbons (Fsp3) is 0.400. The van der Waals surface area contributed by atoms with Gasteiger partial charge in [-0.05, 0) is 37.8 Å². The van der Waals surface area contributed by atoms with Crippen molar-refractivity contribution in [2.75, 3.05) is 24.3 Å². The number of thioether (sulfide) groups is 1. The Morgan fingerprint density at radius 3 is 2.61 bits per heavy atom. The lowest BCUT2D eigenvalue weighted by Gasteiger charge is -2.12. The highest BCUT2D eigenvalue weighted by atomic mass is 32.2. The van der Waals surface area contributed by atoms with E-state index in [2.05, 4.69) is 15.5 Å². The maximum Gasteiger partial charge on any atom is 0.257 e. The van der Waals surface area contributed by atoms with Crippen LogP contribution >= 0.6 is 23.1 Å². The predicted octanol–water partition coefficient (Wildman–Crippen LogP) is 3.70. The molecule has 0 saturated carbocycles. The van der Waals surface area contributed by atoms with Crippen molar-refractivity contribution in [3.8, 4) is 11.5 Å². The second-order valence-corrected chi connectivity index (χ2v) is 6.78. The van der Waals surface area contributed by atoms with Crippen LogP contribution in [0.15, 0.2) is 22.5 Å². The van der Waals surface area contributed by atoms with E-state index >= 15 is 0 Å². The van der Waals surface area contributed by atoms with Gasteiger partial charge in [-0.15, -0.1) is 10.2 Å². The Morgan fingerprint density at radius 1 is 1.17 bits per heavy atom. The van der Waals surface area contributed by atoms with E-state index < -0.39 is 0 Å². The number of amides is 1. The number of carbonyl (C=O) groups is 1. The van der Waals surface area contributed by atoms with Crippen molar-refractivity contribution >= 4 is 34.1 Å². The van der Waals surface area contributed by atoms with E-state index in [1.54, 1.807) is 30.0 Å². The number of rotatable bonds is 8. The highest BCUT2D eigenvalue weighted by Crippen LogP contribution is 2.29. The molecule has 0 spiro atoms. The zero-order valence-corrected chi connectivity index (χ0v) is 14.9. The number of nitrogens with zero attached hydrogens (tertiary/aromatic N) is 2. The summed E-state index contributed by atoms with van der Waals surface area (Å²) in [6.45, 7) is 6.86. The smallest absolute Gasteiger partial charge is 0.257 e. The monoisotopic (exact) mass is 353 g/mol. The molecule has 1 N–H and O–H groups in total. The molecule has 0 aliphatic carbocycles. The van der Waals surface area contributed by atoms with Crippen LogP contribution in [0.2, 0.25) is 0 Å². The maximum atomic E-state index is 12.3. The zero-order chi connectivity index (χ0) is 16.7. The minimum atomic E-state index is -0.252. The van der Waals surface area contributed by atoms with Crippen molar-refractivity contribution < 1.29 is 14.3 Å². The fourth-order valence-corrected chi connectivity index (χ4v) is 3.45. The average molecular weight is 353 g/mol. The molecule has 0 fully saturated rings. The highest BCUT2D eigenvalue weighted by Gasteiger charge is 2.14. The summed E-state index contributed by atoms with van der Waals surface area (Å²) in [6, 6.07) is 5.11. The van der Waals surface area contributed by atoms with Crippen molar-refractivity contribution in [1.82, 2.24) is 10.2 Å². The van der Waals surface area contributed by atoms with Crippen LogP contribution in [-0.4, -0.2) is 35.1 Å². The van der Waals surface area contributed by atoms with Crippen LogP contribution in [0, 0.1) is 0 Å². The van der Waals surface area contributed by atoms with Gasteiger partial charge in [-0.25, -0.2) is 0 Å². The number of carbonyl (C=O) groups excluding carboxylic acids is 1. The molecule has 8 heteroatoms. The lowest BCUT2D eigenvalue weighted by molar-refractivity contribution is 0.102. The van der Waals surface area contributed by atoms with Crippen LogP contribution in [0.25, 0.3) is 0 Å². The molecule has 0 atom stereocenters. The third-order valence-electron chi connectivity index (χ3n) is 2.70. The summed E-state index contributed by atoms with van der Waals surface area (Å²) in [5.41, 5.74) is 0.483. The molecule has 23 heavy (non-hydrogen) atoms. The van der Waals surface area contributed by atoms with Gasteiger partial charge in [0, 0.05) is 5.56 Å². The Labute approximate surface area is 143 Å². The fourth-order valence-electron chi connectivity index (χ4n) is 1.80. The second kappa shape index (κ2) is 8.73. The van der Waals surface area contributed by atoms with E-state index in [1.807, 2.05) is 20.8 Å². The van der Waals surface area contributed by atoms with Crippen LogP contribution in [0.3, 0.4) is 0 Å². The Hall–Kier alpha value is -1.80. The van der Waals surface area contributed by atoms with Gasteiger partial charge in [-0.1, -0.05) is 30.0 Å². The number of hydrogen-bond acceptors (Lipinski definition) is 7. The van der Waals surface area contributed by atoms with Gasteiger partial charge < -0.3 is 9.47 Å². The molecule has 0 bridgehead atoms. The summed E-state index contributed by atoms with van der Waals surface area (Å²) in [6.07, 6.45) is 0. The molecule has 0 saturated heterocycles. The van der Waals surface area contributed by atoms with Crippen LogP contribution in [0.5, 0.6) is 11.5 Å². The summed E-state index contributed by atoms with van der Waals surface area (Å²) in [4.78, 5) is 12.3. The highest BCUT2D eigenvalue weighted by molar-refractivity contribution is 8.01. The van der Waals surface area contributed by atoms with Crippen LogP contribution in [0.4, 0.5) is 5.13 Å². The summed E-state index contributed by atoms with van der Waals surface area (Å²) in [5.74, 6) is 1.85. The van der Waals surface area contributed by atoms with E-state index in [0.717, 1.165) is 10.1 Å². The van der Waals surface area contributed by atoms with E-state index in [4.69, 9.17) is 9.47 Å². The number of hydrogen-bond donors (Lipinski definition) is 1. The van der Waals surface area contributed by atoms with E-state index in [0.29, 0.717) is 35.4 Å². The average Bonchev–Trinajstić information content (AvgIpc) is 2.97. The molecule has 6 nitrogen and oxygen atoms in total. The lowest BCUT2D eigenvalue weighted by atomic mass is 10.2. The molecule has 1 aromatic heterocycles. The quantitative estimate of drug-likeness (QED) is 0.576. The first-order valence-electron chi connectivity index (χ1n) is 7.35. The van der Waals surface area contributed by atoms with Crippen LogP contribution in [-0.2, 0) is 0 Å². The first kappa shape index (κ1) is 17.6. The largest absolute Gasteiger partial charge is 0.490 e. The topological polar surface area (TPSA) is 73.3 Å². The van der Waals surface area contributed by atoms with E-state index in [9.17, 15) is 4.79 Å². The molecule has 0 unspecified atom stereocenters. The van der Waals surface area contributed by atoms with Gasteiger partial charge in [-0.2, -0.15) is 0 Å². The van der Waals surface area contributed by atoms with Gasteiger partial charge in [0.25, 0.3) is 5.91 Å². The lowest BCUT2D eigenvalue weighted by Crippen LogP contribution is -2.12. The predicted molar refractivity (Wildman–Crippen MR) is 93.0 cm³/mol. The van der Waals surface area contributed by atoms with Crippen LogP contribution in [0.1, 0.15) is 31.1 Å². The third kappa shape index (κ3) is 4.84. The first-order chi connectivity index (χ1) is 11.2. The molecule has 1 amide bonds. The standard InChI is InChI=1S/C15H19N3O3S2/c1-4-20-11-8-7-10(9-12(11)21-5-2)13(19)16-14-17-18-15(23-14)22-6-3/h7-9H,4-6H2,1-3H3,(H,16,17,19). The van der Waals surface area contributed by atoms with Gasteiger partial charge in [0.1, 0.15) is 0 Å². The molecular formula is C15H19N3O3S2. The van der Waals surface area contributed by atoms with Gasteiger partial charge in [0.2, 0.25) is 5.13 Å². The normalized spacial score (nSPS) is 10.4. The van der Waals surface area contributed by atoms with Gasteiger partial charge >= 0.3 is 0 Å². The van der Waals surface area contributed by atoms with Crippen molar-refractivity contribution in [2.24, 2.45) is 0 Å². The van der Waals surface area contributed by atoms with Gasteiger partial charge in [0.15, 0.2) is 15.8 Å². The summed E-state index contributed by atoms with van der Waals surface area (Å²) in [7, 11) is 0. The molecule has 2 aromatic rings. The van der Waals surface area contributed by atoms with E-state index in [1.165, 1.54) is 11.3 Å². The van der Waals surface area contributed by atoms with Gasteiger partial charge in [0.05, 0.1) is 13.2 Å². The number of aromatic nitrogens is 2. The SMILES string of the molecule is CCOc1ccc(C(=O)Nc2nnc(SCC)s2)cc1OCC. The summed E-state index contributed by atoms with van der Waals surface area (Å²) in [5, 5.41) is 11.2. The van der Waals surface area contributed by atoms with Crippen molar-refractivity contribution in [1.29, 1.82) is 0 Å². The molecule has 0 radical (unpaired) electrons.